The van der Waals surface area contributed by atoms with Gasteiger partial charge in [-0.15, -0.1) is 10.2 Å². The molecule has 1 heterocycles. The van der Waals surface area contributed by atoms with E-state index in [4.69, 9.17) is 23.2 Å². The van der Waals surface area contributed by atoms with Crippen molar-refractivity contribution in [1.82, 2.24) is 15.1 Å². The van der Waals surface area contributed by atoms with Crippen LogP contribution < -0.4 is 5.32 Å². The Kier molecular flexibility index (Phi) is 6.12. The van der Waals surface area contributed by atoms with Gasteiger partial charge in [-0.05, 0) is 27.7 Å². The minimum atomic E-state index is 0.339. The Balaban J connectivity index is 2.52. The molecule has 0 aromatic carbocycles. The first-order valence-electron chi connectivity index (χ1n) is 6.10. The zero-order chi connectivity index (χ0) is 13.7. The van der Waals surface area contributed by atoms with Crippen LogP contribution in [-0.2, 0) is 0 Å². The number of aromatic nitrogens is 2. The van der Waals surface area contributed by atoms with E-state index in [1.807, 2.05) is 0 Å². The molecule has 102 valence electrons. The molecule has 1 aromatic heterocycles. The van der Waals surface area contributed by atoms with Crippen LogP contribution in [0.4, 0.5) is 5.69 Å². The first-order chi connectivity index (χ1) is 8.41. The monoisotopic (exact) mass is 290 g/mol. The Morgan fingerprint density at radius 3 is 2.33 bits per heavy atom. The standard InChI is InChI=1S/C12H20Cl2N4/c1-8(2)18(9(3)4)6-5-15-10-7-11(13)16-17-12(10)14/h7-9H,5-6H2,1-4H3,(H,15,16). The predicted molar refractivity (Wildman–Crippen MR) is 77.5 cm³/mol. The van der Waals surface area contributed by atoms with E-state index in [0.29, 0.717) is 22.4 Å². The Morgan fingerprint density at radius 1 is 1.17 bits per heavy atom. The molecule has 0 atom stereocenters. The van der Waals surface area contributed by atoms with Crippen LogP contribution >= 0.6 is 23.2 Å². The Morgan fingerprint density at radius 2 is 1.78 bits per heavy atom. The van der Waals surface area contributed by atoms with Gasteiger partial charge in [0.05, 0.1) is 5.69 Å². The fourth-order valence-electron chi connectivity index (χ4n) is 1.91. The second-order valence-corrected chi connectivity index (χ2v) is 5.47. The highest BCUT2D eigenvalue weighted by atomic mass is 35.5. The third-order valence-electron chi connectivity index (χ3n) is 2.73. The average molecular weight is 291 g/mol. The van der Waals surface area contributed by atoms with E-state index in [1.165, 1.54) is 0 Å². The molecule has 18 heavy (non-hydrogen) atoms. The lowest BCUT2D eigenvalue weighted by Crippen LogP contribution is -2.40. The van der Waals surface area contributed by atoms with Crippen molar-refractivity contribution in [3.8, 4) is 0 Å². The molecule has 1 aromatic rings. The fraction of sp³-hybridized carbons (Fsp3) is 0.667. The van der Waals surface area contributed by atoms with E-state index >= 15 is 0 Å². The van der Waals surface area contributed by atoms with Gasteiger partial charge in [0, 0.05) is 31.2 Å². The molecule has 1 rings (SSSR count). The highest BCUT2D eigenvalue weighted by molar-refractivity contribution is 6.33. The molecule has 0 spiro atoms. The van der Waals surface area contributed by atoms with Gasteiger partial charge in [-0.25, -0.2) is 0 Å². The summed E-state index contributed by atoms with van der Waals surface area (Å²) in [5.41, 5.74) is 0.726. The molecule has 0 bridgehead atoms. The summed E-state index contributed by atoms with van der Waals surface area (Å²) >= 11 is 11.7. The molecular formula is C12H20Cl2N4. The highest BCUT2D eigenvalue weighted by Gasteiger charge is 2.12. The quantitative estimate of drug-likeness (QED) is 0.873. The largest absolute Gasteiger partial charge is 0.381 e. The maximum absolute atomic E-state index is 5.93. The summed E-state index contributed by atoms with van der Waals surface area (Å²) < 4.78 is 0. The summed E-state index contributed by atoms with van der Waals surface area (Å²) in [5.74, 6) is 0. The van der Waals surface area contributed by atoms with E-state index in [2.05, 4.69) is 48.1 Å². The number of rotatable bonds is 6. The Labute approximate surface area is 119 Å². The second kappa shape index (κ2) is 7.12. The molecule has 0 aliphatic carbocycles. The molecule has 0 saturated carbocycles. The summed E-state index contributed by atoms with van der Waals surface area (Å²) in [6, 6.07) is 2.72. The molecule has 0 saturated heterocycles. The van der Waals surface area contributed by atoms with E-state index in [0.717, 1.165) is 18.8 Å². The van der Waals surface area contributed by atoms with Crippen molar-refractivity contribution < 1.29 is 0 Å². The zero-order valence-electron chi connectivity index (χ0n) is 11.2. The van der Waals surface area contributed by atoms with Gasteiger partial charge in [-0.3, -0.25) is 4.90 Å². The van der Waals surface area contributed by atoms with Gasteiger partial charge in [-0.2, -0.15) is 0 Å². The summed E-state index contributed by atoms with van der Waals surface area (Å²) in [6.07, 6.45) is 0. The van der Waals surface area contributed by atoms with Crippen LogP contribution in [0, 0.1) is 0 Å². The van der Waals surface area contributed by atoms with Gasteiger partial charge < -0.3 is 5.32 Å². The van der Waals surface area contributed by atoms with Crippen LogP contribution in [0.1, 0.15) is 27.7 Å². The van der Waals surface area contributed by atoms with Crippen LogP contribution in [0.15, 0.2) is 6.07 Å². The number of halogens is 2. The molecule has 0 radical (unpaired) electrons. The average Bonchev–Trinajstić information content (AvgIpc) is 2.27. The number of nitrogens with one attached hydrogen (secondary N) is 1. The van der Waals surface area contributed by atoms with Crippen LogP contribution in [-0.4, -0.2) is 40.3 Å². The summed E-state index contributed by atoms with van der Waals surface area (Å²) in [4.78, 5) is 2.40. The lowest BCUT2D eigenvalue weighted by atomic mass is 10.2. The van der Waals surface area contributed by atoms with Crippen molar-refractivity contribution in [2.75, 3.05) is 18.4 Å². The summed E-state index contributed by atoms with van der Waals surface area (Å²) in [7, 11) is 0. The first kappa shape index (κ1) is 15.5. The second-order valence-electron chi connectivity index (χ2n) is 4.72. The van der Waals surface area contributed by atoms with E-state index < -0.39 is 0 Å². The van der Waals surface area contributed by atoms with Crippen molar-refractivity contribution in [2.24, 2.45) is 0 Å². The summed E-state index contributed by atoms with van der Waals surface area (Å²) in [6.45, 7) is 10.5. The number of hydrogen-bond acceptors (Lipinski definition) is 4. The molecule has 0 aliphatic rings. The lowest BCUT2D eigenvalue weighted by molar-refractivity contribution is 0.182. The van der Waals surface area contributed by atoms with Gasteiger partial charge >= 0.3 is 0 Å². The first-order valence-corrected chi connectivity index (χ1v) is 6.85. The third-order valence-corrected chi connectivity index (χ3v) is 3.19. The van der Waals surface area contributed by atoms with E-state index in [-0.39, 0.29) is 0 Å². The van der Waals surface area contributed by atoms with Crippen LogP contribution in [0.3, 0.4) is 0 Å². The SMILES string of the molecule is CC(C)N(CCNc1cc(Cl)nnc1Cl)C(C)C. The number of anilines is 1. The molecule has 0 fully saturated rings. The minimum absolute atomic E-state index is 0.339. The molecular weight excluding hydrogens is 271 g/mol. The smallest absolute Gasteiger partial charge is 0.174 e. The third kappa shape index (κ3) is 4.59. The normalized spacial score (nSPS) is 11.6. The molecule has 0 aliphatic heterocycles. The van der Waals surface area contributed by atoms with Crippen molar-refractivity contribution >= 4 is 28.9 Å². The van der Waals surface area contributed by atoms with Gasteiger partial charge in [0.1, 0.15) is 0 Å². The van der Waals surface area contributed by atoms with Gasteiger partial charge in [0.2, 0.25) is 0 Å². The van der Waals surface area contributed by atoms with Crippen LogP contribution in [0.5, 0.6) is 0 Å². The van der Waals surface area contributed by atoms with E-state index in [9.17, 15) is 0 Å². The van der Waals surface area contributed by atoms with Crippen molar-refractivity contribution in [1.29, 1.82) is 0 Å². The molecule has 4 nitrogen and oxygen atoms in total. The van der Waals surface area contributed by atoms with E-state index in [1.54, 1.807) is 6.07 Å². The maximum atomic E-state index is 5.93. The fourth-order valence-corrected chi connectivity index (χ4v) is 2.22. The maximum Gasteiger partial charge on any atom is 0.174 e. The van der Waals surface area contributed by atoms with Crippen molar-refractivity contribution in [3.63, 3.8) is 0 Å². The molecule has 0 amide bonds. The molecule has 6 heteroatoms. The number of hydrogen-bond donors (Lipinski definition) is 1. The topological polar surface area (TPSA) is 41.0 Å². The van der Waals surface area contributed by atoms with Gasteiger partial charge in [-0.1, -0.05) is 23.2 Å². The number of nitrogens with zero attached hydrogens (tertiary/aromatic N) is 3. The minimum Gasteiger partial charge on any atom is -0.381 e. The van der Waals surface area contributed by atoms with Crippen molar-refractivity contribution in [2.45, 2.75) is 39.8 Å². The molecule has 0 unspecified atom stereocenters. The molecule has 1 N–H and O–H groups in total. The van der Waals surface area contributed by atoms with Gasteiger partial charge in [0.25, 0.3) is 0 Å². The van der Waals surface area contributed by atoms with Crippen molar-refractivity contribution in [3.05, 3.63) is 16.4 Å². The Hall–Kier alpha value is -0.580. The van der Waals surface area contributed by atoms with Crippen LogP contribution in [0.2, 0.25) is 10.3 Å². The lowest BCUT2D eigenvalue weighted by Gasteiger charge is -2.30. The van der Waals surface area contributed by atoms with Gasteiger partial charge in [0.15, 0.2) is 10.3 Å². The summed E-state index contributed by atoms with van der Waals surface area (Å²) in [5, 5.41) is 11.3. The predicted octanol–water partition coefficient (Wildman–Crippen LogP) is 3.31. The van der Waals surface area contributed by atoms with Crippen LogP contribution in [0.25, 0.3) is 0 Å². The Bertz CT molecular complexity index is 374. The highest BCUT2D eigenvalue weighted by Crippen LogP contribution is 2.20. The zero-order valence-corrected chi connectivity index (χ0v) is 12.8.